The highest BCUT2D eigenvalue weighted by molar-refractivity contribution is 7.99. The zero-order valence-electron chi connectivity index (χ0n) is 17.6. The van der Waals surface area contributed by atoms with Crippen molar-refractivity contribution in [3.63, 3.8) is 0 Å². The average molecular weight is 431 g/mol. The number of thioether (sulfide) groups is 1. The predicted octanol–water partition coefficient (Wildman–Crippen LogP) is 1.89. The number of aromatic nitrogens is 2. The molecule has 1 aromatic carbocycles. The third-order valence-corrected chi connectivity index (χ3v) is 6.21. The molecule has 2 aromatic rings. The highest BCUT2D eigenvalue weighted by Crippen LogP contribution is 2.27. The van der Waals surface area contributed by atoms with Gasteiger partial charge in [-0.25, -0.2) is 9.97 Å². The fourth-order valence-electron chi connectivity index (χ4n) is 3.52. The average Bonchev–Trinajstić information content (AvgIpc) is 2.74. The van der Waals surface area contributed by atoms with E-state index in [-0.39, 0.29) is 5.91 Å². The summed E-state index contributed by atoms with van der Waals surface area (Å²) in [4.78, 5) is 24.6. The first-order chi connectivity index (χ1) is 14.5. The van der Waals surface area contributed by atoms with Crippen LogP contribution in [-0.2, 0) is 11.2 Å². The van der Waals surface area contributed by atoms with Crippen molar-refractivity contribution in [2.75, 3.05) is 57.1 Å². The topological polar surface area (TPSA) is 111 Å². The van der Waals surface area contributed by atoms with Crippen LogP contribution in [-0.4, -0.2) is 71.3 Å². The summed E-state index contributed by atoms with van der Waals surface area (Å²) < 4.78 is 5.40. The van der Waals surface area contributed by atoms with Crippen LogP contribution in [0.4, 0.5) is 11.6 Å². The molecule has 30 heavy (non-hydrogen) atoms. The number of benzene rings is 1. The number of piperazine rings is 1. The molecule has 1 saturated heterocycles. The van der Waals surface area contributed by atoms with Crippen molar-refractivity contribution < 1.29 is 9.53 Å². The maximum atomic E-state index is 11.4. The quantitative estimate of drug-likeness (QED) is 0.371. The van der Waals surface area contributed by atoms with Gasteiger partial charge in [-0.3, -0.25) is 9.69 Å². The van der Waals surface area contributed by atoms with Crippen molar-refractivity contribution in [2.24, 2.45) is 0 Å². The number of carbonyl (C=O) groups excluding carboxylic acids is 1. The van der Waals surface area contributed by atoms with Gasteiger partial charge in [0.1, 0.15) is 17.4 Å². The summed E-state index contributed by atoms with van der Waals surface area (Å²) in [5.41, 5.74) is 14.1. The minimum atomic E-state index is 0.159. The number of hydrogen-bond acceptors (Lipinski definition) is 8. The first kappa shape index (κ1) is 22.2. The number of carbonyl (C=O) groups is 1. The minimum Gasteiger partial charge on any atom is -0.496 e. The number of rotatable bonds is 8. The summed E-state index contributed by atoms with van der Waals surface area (Å²) in [5, 5.41) is 0.607. The van der Waals surface area contributed by atoms with Crippen LogP contribution < -0.4 is 16.2 Å². The van der Waals surface area contributed by atoms with Gasteiger partial charge in [-0.15, -0.1) is 0 Å². The maximum Gasteiger partial charge on any atom is 0.219 e. The van der Waals surface area contributed by atoms with Gasteiger partial charge in [0.2, 0.25) is 5.91 Å². The molecular weight excluding hydrogens is 400 g/mol. The summed E-state index contributed by atoms with van der Waals surface area (Å²) in [7, 11) is 1.64. The van der Waals surface area contributed by atoms with Crippen LogP contribution in [0.5, 0.6) is 5.75 Å². The molecule has 0 unspecified atom stereocenters. The maximum absolute atomic E-state index is 11.4. The van der Waals surface area contributed by atoms with Gasteiger partial charge in [0.25, 0.3) is 0 Å². The lowest BCUT2D eigenvalue weighted by atomic mass is 10.1. The summed E-state index contributed by atoms with van der Waals surface area (Å²) in [6.45, 7) is 6.11. The predicted molar refractivity (Wildman–Crippen MR) is 121 cm³/mol. The van der Waals surface area contributed by atoms with Gasteiger partial charge in [-0.05, 0) is 24.6 Å². The number of para-hydroxylation sites is 1. The highest BCUT2D eigenvalue weighted by Gasteiger charge is 2.18. The minimum absolute atomic E-state index is 0.159. The largest absolute Gasteiger partial charge is 0.496 e. The van der Waals surface area contributed by atoms with Gasteiger partial charge in [-0.1, -0.05) is 30.0 Å². The number of nitrogens with two attached hydrogens (primary N) is 2. The van der Waals surface area contributed by atoms with E-state index in [0.29, 0.717) is 23.2 Å². The van der Waals surface area contributed by atoms with Gasteiger partial charge >= 0.3 is 0 Å². The van der Waals surface area contributed by atoms with Crippen molar-refractivity contribution in [3.8, 4) is 5.75 Å². The molecule has 1 aliphatic heterocycles. The lowest BCUT2D eigenvalue weighted by Gasteiger charge is -2.34. The van der Waals surface area contributed by atoms with Gasteiger partial charge in [0.05, 0.1) is 7.11 Å². The zero-order chi connectivity index (χ0) is 21.5. The van der Waals surface area contributed by atoms with Crippen LogP contribution in [0.3, 0.4) is 0 Å². The molecule has 0 atom stereocenters. The monoisotopic (exact) mass is 430 g/mol. The molecule has 0 radical (unpaired) electrons. The molecule has 0 saturated carbocycles. The molecule has 1 aliphatic rings. The Kier molecular flexibility index (Phi) is 7.75. The Morgan fingerprint density at radius 3 is 2.43 bits per heavy atom. The fourth-order valence-corrected chi connectivity index (χ4v) is 4.30. The Morgan fingerprint density at radius 1 is 1.13 bits per heavy atom. The lowest BCUT2D eigenvalue weighted by molar-refractivity contribution is -0.130. The van der Waals surface area contributed by atoms with Crippen molar-refractivity contribution >= 4 is 29.3 Å². The van der Waals surface area contributed by atoms with E-state index in [0.717, 1.165) is 61.8 Å². The van der Waals surface area contributed by atoms with E-state index in [1.807, 2.05) is 29.2 Å². The smallest absolute Gasteiger partial charge is 0.219 e. The fraction of sp³-hybridized carbons (Fsp3) is 0.476. The molecule has 1 aromatic heterocycles. The summed E-state index contributed by atoms with van der Waals surface area (Å²) in [6, 6.07) is 7.77. The first-order valence-corrected chi connectivity index (χ1v) is 11.1. The highest BCUT2D eigenvalue weighted by atomic mass is 32.2. The van der Waals surface area contributed by atoms with E-state index < -0.39 is 0 Å². The number of ether oxygens (including phenoxy) is 1. The van der Waals surface area contributed by atoms with E-state index in [4.69, 9.17) is 16.2 Å². The number of nitrogen functional groups attached to an aromatic ring is 2. The Morgan fingerprint density at radius 2 is 1.80 bits per heavy atom. The molecule has 2 heterocycles. The molecule has 1 amide bonds. The zero-order valence-corrected chi connectivity index (χ0v) is 18.5. The van der Waals surface area contributed by atoms with Gasteiger partial charge < -0.3 is 21.1 Å². The number of nitrogens with zero attached hydrogens (tertiary/aromatic N) is 4. The van der Waals surface area contributed by atoms with Crippen molar-refractivity contribution in [1.29, 1.82) is 0 Å². The second-order valence-corrected chi connectivity index (χ2v) is 8.36. The van der Waals surface area contributed by atoms with Crippen molar-refractivity contribution in [2.45, 2.75) is 24.9 Å². The van der Waals surface area contributed by atoms with Crippen LogP contribution in [0.2, 0.25) is 0 Å². The van der Waals surface area contributed by atoms with Crippen LogP contribution in [0, 0.1) is 0 Å². The molecule has 0 aliphatic carbocycles. The number of amides is 1. The summed E-state index contributed by atoms with van der Waals surface area (Å²) in [6.07, 6.45) is 1.54. The Balaban J connectivity index is 1.50. The molecule has 1 fully saturated rings. The molecule has 0 bridgehead atoms. The van der Waals surface area contributed by atoms with Crippen molar-refractivity contribution in [1.82, 2.24) is 19.8 Å². The Labute approximate surface area is 182 Å². The second kappa shape index (κ2) is 10.5. The molecule has 0 spiro atoms. The standard InChI is InChI=1S/C21H30N6O2S/c1-15(28)27-11-9-26(10-12-27)8-5-13-30-21-24-19(22)17(20(23)25-21)14-16-6-3-4-7-18(16)29-2/h3-4,6-7H,5,8-14H2,1-2H3,(H4,22,23,24,25). The van der Waals surface area contributed by atoms with Gasteiger partial charge in [-0.2, -0.15) is 0 Å². The molecule has 4 N–H and O–H groups in total. The van der Waals surface area contributed by atoms with E-state index in [1.54, 1.807) is 25.8 Å². The van der Waals surface area contributed by atoms with Crippen LogP contribution in [0.1, 0.15) is 24.5 Å². The summed E-state index contributed by atoms with van der Waals surface area (Å²) >= 11 is 1.57. The van der Waals surface area contributed by atoms with E-state index in [2.05, 4.69) is 14.9 Å². The van der Waals surface area contributed by atoms with Gasteiger partial charge in [0, 0.05) is 50.8 Å². The number of anilines is 2. The van der Waals surface area contributed by atoms with E-state index in [1.165, 1.54) is 0 Å². The number of methoxy groups -OCH3 is 1. The lowest BCUT2D eigenvalue weighted by Crippen LogP contribution is -2.48. The van der Waals surface area contributed by atoms with Gasteiger partial charge in [0.15, 0.2) is 5.16 Å². The second-order valence-electron chi connectivity index (χ2n) is 7.29. The molecule has 9 heteroatoms. The van der Waals surface area contributed by atoms with E-state index in [9.17, 15) is 4.79 Å². The third-order valence-electron chi connectivity index (χ3n) is 5.28. The molecule has 3 rings (SSSR count). The SMILES string of the molecule is COc1ccccc1Cc1c(N)nc(SCCCN2CCN(C(C)=O)CC2)nc1N. The first-order valence-electron chi connectivity index (χ1n) is 10.1. The normalized spacial score (nSPS) is 14.7. The summed E-state index contributed by atoms with van der Waals surface area (Å²) in [5.74, 6) is 2.66. The van der Waals surface area contributed by atoms with Crippen LogP contribution >= 0.6 is 11.8 Å². The molecule has 162 valence electrons. The van der Waals surface area contributed by atoms with Crippen molar-refractivity contribution in [3.05, 3.63) is 35.4 Å². The molecular formula is C21H30N6O2S. The van der Waals surface area contributed by atoms with E-state index >= 15 is 0 Å². The van der Waals surface area contributed by atoms with Crippen LogP contribution in [0.25, 0.3) is 0 Å². The third kappa shape index (κ3) is 5.76. The van der Waals surface area contributed by atoms with Crippen LogP contribution in [0.15, 0.2) is 29.4 Å². The number of hydrogen-bond donors (Lipinski definition) is 2. The Hall–Kier alpha value is -2.52. The Bertz CT molecular complexity index is 847. The molecule has 8 nitrogen and oxygen atoms in total.